The summed E-state index contributed by atoms with van der Waals surface area (Å²) >= 11 is 3.38. The van der Waals surface area contributed by atoms with Crippen LogP contribution in [0.4, 0.5) is 5.69 Å². The third-order valence-corrected chi connectivity index (χ3v) is 2.77. The Hall–Kier alpha value is -1.75. The summed E-state index contributed by atoms with van der Waals surface area (Å²) in [5.41, 5.74) is 6.32. The number of rotatable bonds is 3. The number of anilines is 1. The van der Waals surface area contributed by atoms with Crippen LogP contribution in [-0.2, 0) is 0 Å². The van der Waals surface area contributed by atoms with Crippen molar-refractivity contribution >= 4 is 21.6 Å². The Labute approximate surface area is 108 Å². The fourth-order valence-corrected chi connectivity index (χ4v) is 1.59. The van der Waals surface area contributed by atoms with Crippen LogP contribution in [0.15, 0.2) is 41.0 Å². The Bertz CT molecular complexity index is 514. The molecule has 2 rings (SSSR count). The maximum absolute atomic E-state index is 5.69. The standard InChI is InChI=1S/C12H11BrN2O2/c1-16-9-3-5-12(15-7-9)17-11-6-8(14)2-4-10(11)13/h2-7H,14H2,1H3. The van der Waals surface area contributed by atoms with Crippen LogP contribution in [0.2, 0.25) is 0 Å². The molecule has 0 saturated heterocycles. The number of nitrogens with two attached hydrogens (primary N) is 1. The smallest absolute Gasteiger partial charge is 0.219 e. The highest BCUT2D eigenvalue weighted by atomic mass is 79.9. The van der Waals surface area contributed by atoms with Crippen molar-refractivity contribution in [2.75, 3.05) is 12.8 Å². The molecule has 4 nitrogen and oxygen atoms in total. The SMILES string of the molecule is COc1ccc(Oc2cc(N)ccc2Br)nc1. The van der Waals surface area contributed by atoms with Gasteiger partial charge in [-0.05, 0) is 34.1 Å². The van der Waals surface area contributed by atoms with Crippen LogP contribution in [0.25, 0.3) is 0 Å². The Balaban J connectivity index is 2.22. The lowest BCUT2D eigenvalue weighted by atomic mass is 10.3. The first-order chi connectivity index (χ1) is 8.19. The first-order valence-electron chi connectivity index (χ1n) is 4.92. The second kappa shape index (κ2) is 5.05. The number of pyridine rings is 1. The summed E-state index contributed by atoms with van der Waals surface area (Å²) in [6.07, 6.45) is 1.59. The highest BCUT2D eigenvalue weighted by molar-refractivity contribution is 9.10. The van der Waals surface area contributed by atoms with E-state index in [0.29, 0.717) is 23.1 Å². The van der Waals surface area contributed by atoms with Crippen LogP contribution in [0, 0.1) is 0 Å². The van der Waals surface area contributed by atoms with Gasteiger partial charge >= 0.3 is 0 Å². The van der Waals surface area contributed by atoms with E-state index < -0.39 is 0 Å². The highest BCUT2D eigenvalue weighted by Gasteiger charge is 2.04. The number of nitrogen functional groups attached to an aromatic ring is 1. The molecule has 0 aliphatic heterocycles. The molecule has 0 aliphatic rings. The minimum Gasteiger partial charge on any atom is -0.495 e. The Kier molecular flexibility index (Phi) is 3.49. The molecule has 88 valence electrons. The summed E-state index contributed by atoms with van der Waals surface area (Å²) in [5, 5.41) is 0. The van der Waals surface area contributed by atoms with Gasteiger partial charge in [0.2, 0.25) is 5.88 Å². The van der Waals surface area contributed by atoms with E-state index in [1.165, 1.54) is 0 Å². The molecule has 0 atom stereocenters. The molecule has 5 heteroatoms. The van der Waals surface area contributed by atoms with Crippen molar-refractivity contribution < 1.29 is 9.47 Å². The lowest BCUT2D eigenvalue weighted by Crippen LogP contribution is -1.91. The zero-order valence-electron chi connectivity index (χ0n) is 9.18. The molecule has 0 aliphatic carbocycles. The molecule has 2 N–H and O–H groups in total. The van der Waals surface area contributed by atoms with Gasteiger partial charge in [-0.2, -0.15) is 0 Å². The number of methoxy groups -OCH3 is 1. The summed E-state index contributed by atoms with van der Waals surface area (Å²) in [6.45, 7) is 0. The van der Waals surface area contributed by atoms with Crippen molar-refractivity contribution in [1.82, 2.24) is 4.98 Å². The zero-order valence-corrected chi connectivity index (χ0v) is 10.8. The van der Waals surface area contributed by atoms with Gasteiger partial charge in [0.15, 0.2) is 0 Å². The van der Waals surface area contributed by atoms with E-state index in [4.69, 9.17) is 15.2 Å². The summed E-state index contributed by atoms with van der Waals surface area (Å²) in [5.74, 6) is 1.80. The lowest BCUT2D eigenvalue weighted by molar-refractivity contribution is 0.407. The van der Waals surface area contributed by atoms with Crippen LogP contribution in [0.5, 0.6) is 17.4 Å². The predicted octanol–water partition coefficient (Wildman–Crippen LogP) is 3.23. The zero-order chi connectivity index (χ0) is 12.3. The Morgan fingerprint density at radius 1 is 1.24 bits per heavy atom. The molecule has 0 bridgehead atoms. The molecule has 17 heavy (non-hydrogen) atoms. The van der Waals surface area contributed by atoms with E-state index in [0.717, 1.165) is 4.47 Å². The topological polar surface area (TPSA) is 57.4 Å². The van der Waals surface area contributed by atoms with E-state index in [1.54, 1.807) is 37.6 Å². The second-order valence-electron chi connectivity index (χ2n) is 3.33. The van der Waals surface area contributed by atoms with Crippen molar-refractivity contribution in [3.8, 4) is 17.4 Å². The number of benzene rings is 1. The van der Waals surface area contributed by atoms with Crippen molar-refractivity contribution in [2.24, 2.45) is 0 Å². The summed E-state index contributed by atoms with van der Waals surface area (Å²) in [6, 6.07) is 8.86. The normalized spacial score (nSPS) is 10.0. The number of aromatic nitrogens is 1. The average Bonchev–Trinajstić information content (AvgIpc) is 2.35. The third-order valence-electron chi connectivity index (χ3n) is 2.11. The van der Waals surface area contributed by atoms with Gasteiger partial charge in [0, 0.05) is 17.8 Å². The van der Waals surface area contributed by atoms with E-state index in [-0.39, 0.29) is 0 Å². The highest BCUT2D eigenvalue weighted by Crippen LogP contribution is 2.30. The predicted molar refractivity (Wildman–Crippen MR) is 69.4 cm³/mol. The maximum Gasteiger partial charge on any atom is 0.219 e. The van der Waals surface area contributed by atoms with E-state index >= 15 is 0 Å². The Morgan fingerprint density at radius 2 is 2.06 bits per heavy atom. The molecule has 0 saturated carbocycles. The van der Waals surface area contributed by atoms with Crippen molar-refractivity contribution in [3.63, 3.8) is 0 Å². The fourth-order valence-electron chi connectivity index (χ4n) is 1.26. The minimum atomic E-state index is 0.483. The molecule has 1 aromatic heterocycles. The van der Waals surface area contributed by atoms with E-state index in [2.05, 4.69) is 20.9 Å². The Morgan fingerprint density at radius 3 is 2.71 bits per heavy atom. The first kappa shape index (κ1) is 11.7. The van der Waals surface area contributed by atoms with E-state index in [9.17, 15) is 0 Å². The summed E-state index contributed by atoms with van der Waals surface area (Å²) < 4.78 is 11.4. The van der Waals surface area contributed by atoms with Crippen LogP contribution in [0.3, 0.4) is 0 Å². The first-order valence-corrected chi connectivity index (χ1v) is 5.71. The number of ether oxygens (including phenoxy) is 2. The lowest BCUT2D eigenvalue weighted by Gasteiger charge is -2.07. The number of hydrogen-bond acceptors (Lipinski definition) is 4. The van der Waals surface area contributed by atoms with Gasteiger partial charge in [0.25, 0.3) is 0 Å². The van der Waals surface area contributed by atoms with Crippen molar-refractivity contribution in [1.29, 1.82) is 0 Å². The van der Waals surface area contributed by atoms with Crippen LogP contribution in [-0.4, -0.2) is 12.1 Å². The average molecular weight is 295 g/mol. The largest absolute Gasteiger partial charge is 0.495 e. The van der Waals surface area contributed by atoms with Gasteiger partial charge in [0.1, 0.15) is 11.5 Å². The van der Waals surface area contributed by atoms with Crippen LogP contribution >= 0.6 is 15.9 Å². The molecule has 0 fully saturated rings. The van der Waals surface area contributed by atoms with Gasteiger partial charge in [-0.3, -0.25) is 0 Å². The van der Waals surface area contributed by atoms with E-state index in [1.807, 2.05) is 6.07 Å². The van der Waals surface area contributed by atoms with Crippen LogP contribution in [0.1, 0.15) is 0 Å². The molecular weight excluding hydrogens is 284 g/mol. The molecule has 1 heterocycles. The van der Waals surface area contributed by atoms with Crippen molar-refractivity contribution in [3.05, 3.63) is 41.0 Å². The third kappa shape index (κ3) is 2.88. The van der Waals surface area contributed by atoms with Gasteiger partial charge in [-0.15, -0.1) is 0 Å². The quantitative estimate of drug-likeness (QED) is 0.883. The molecule has 1 aromatic carbocycles. The molecule has 0 unspecified atom stereocenters. The second-order valence-corrected chi connectivity index (χ2v) is 4.18. The van der Waals surface area contributed by atoms with Gasteiger partial charge in [-0.1, -0.05) is 0 Å². The monoisotopic (exact) mass is 294 g/mol. The van der Waals surface area contributed by atoms with Crippen LogP contribution < -0.4 is 15.2 Å². The summed E-state index contributed by atoms with van der Waals surface area (Å²) in [4.78, 5) is 4.11. The van der Waals surface area contributed by atoms with Gasteiger partial charge < -0.3 is 15.2 Å². The minimum absolute atomic E-state index is 0.483. The molecule has 0 amide bonds. The molecule has 0 radical (unpaired) electrons. The van der Waals surface area contributed by atoms with Crippen molar-refractivity contribution in [2.45, 2.75) is 0 Å². The number of nitrogens with zero attached hydrogens (tertiary/aromatic N) is 1. The number of halogens is 1. The number of hydrogen-bond donors (Lipinski definition) is 1. The van der Waals surface area contributed by atoms with Gasteiger partial charge in [0.05, 0.1) is 17.8 Å². The molecule has 0 spiro atoms. The fraction of sp³-hybridized carbons (Fsp3) is 0.0833. The summed E-state index contributed by atoms with van der Waals surface area (Å²) in [7, 11) is 1.59. The molecule has 2 aromatic rings. The molecular formula is C12H11BrN2O2. The maximum atomic E-state index is 5.69. The van der Waals surface area contributed by atoms with Gasteiger partial charge in [-0.25, -0.2) is 4.98 Å².